The van der Waals surface area contributed by atoms with E-state index in [2.05, 4.69) is 4.98 Å². The molecule has 2 aromatic carbocycles. The molecule has 0 spiro atoms. The Morgan fingerprint density at radius 3 is 2.71 bits per heavy atom. The molecule has 1 amide bonds. The Morgan fingerprint density at radius 1 is 1.21 bits per heavy atom. The molecule has 1 atom stereocenters. The molecule has 8 heteroatoms. The van der Waals surface area contributed by atoms with Crippen molar-refractivity contribution in [2.24, 2.45) is 0 Å². The molecule has 3 heterocycles. The number of furan rings is 1. The van der Waals surface area contributed by atoms with E-state index in [1.165, 1.54) is 41.5 Å². The predicted octanol–water partition coefficient (Wildman–Crippen LogP) is 4.73. The van der Waals surface area contributed by atoms with E-state index >= 15 is 0 Å². The van der Waals surface area contributed by atoms with E-state index in [1.54, 1.807) is 13.2 Å². The molecule has 7 nitrogen and oxygen atoms in total. The summed E-state index contributed by atoms with van der Waals surface area (Å²) >= 11 is 0. The molecule has 0 aliphatic carbocycles. The molecule has 0 fully saturated rings. The maximum absolute atomic E-state index is 13.6. The normalized spacial score (nSPS) is 16.0. The zero-order valence-electron chi connectivity index (χ0n) is 18.2. The molecule has 0 unspecified atom stereocenters. The van der Waals surface area contributed by atoms with Crippen LogP contribution in [0.5, 0.6) is 5.75 Å². The minimum atomic E-state index is -0.884. The lowest BCUT2D eigenvalue weighted by atomic mass is 9.95. The Hall–Kier alpha value is -4.33. The van der Waals surface area contributed by atoms with Gasteiger partial charge in [0.1, 0.15) is 11.6 Å². The van der Waals surface area contributed by atoms with Crippen molar-refractivity contribution >= 4 is 22.6 Å². The van der Waals surface area contributed by atoms with Crippen LogP contribution < -0.4 is 4.74 Å². The highest BCUT2D eigenvalue weighted by molar-refractivity contribution is 6.15. The van der Waals surface area contributed by atoms with Crippen molar-refractivity contribution in [2.75, 3.05) is 13.7 Å². The zero-order valence-corrected chi connectivity index (χ0v) is 18.2. The fraction of sp³-hybridized carbons (Fsp3) is 0.154. The third-order valence-corrected chi connectivity index (χ3v) is 6.08. The van der Waals surface area contributed by atoms with Crippen molar-refractivity contribution in [1.82, 2.24) is 9.88 Å². The van der Waals surface area contributed by atoms with Crippen LogP contribution in [0.4, 0.5) is 4.39 Å². The first kappa shape index (κ1) is 21.5. The number of hydrogen-bond acceptors (Lipinski definition) is 5. The molecule has 0 bridgehead atoms. The molecule has 0 radical (unpaired) electrons. The highest BCUT2D eigenvalue weighted by Crippen LogP contribution is 2.39. The van der Waals surface area contributed by atoms with Crippen molar-refractivity contribution in [3.05, 3.63) is 101 Å². The summed E-state index contributed by atoms with van der Waals surface area (Å²) in [6.07, 6.45) is 3.66. The maximum Gasteiger partial charge on any atom is 0.290 e. The van der Waals surface area contributed by atoms with Crippen molar-refractivity contribution < 1.29 is 28.2 Å². The van der Waals surface area contributed by atoms with Crippen LogP contribution in [0.2, 0.25) is 0 Å². The Bertz CT molecular complexity index is 1400. The van der Waals surface area contributed by atoms with Crippen LogP contribution in [0, 0.1) is 5.82 Å². The number of benzene rings is 2. The van der Waals surface area contributed by atoms with E-state index in [1.807, 2.05) is 24.4 Å². The summed E-state index contributed by atoms with van der Waals surface area (Å²) in [5.74, 6) is -1.62. The molecular formula is C26H21FN2O5. The summed E-state index contributed by atoms with van der Waals surface area (Å²) in [7, 11) is 1.59. The second kappa shape index (κ2) is 8.55. The molecule has 34 heavy (non-hydrogen) atoms. The third-order valence-electron chi connectivity index (χ3n) is 6.08. The summed E-state index contributed by atoms with van der Waals surface area (Å²) in [5.41, 5.74) is 2.29. The SMILES string of the molecule is COc1ccc2[nH]cc(CCN3C(=O)C(O)=C(C(=O)c4ccco4)[C@@H]3c3ccc(F)cc3)c2c1. The van der Waals surface area contributed by atoms with Gasteiger partial charge >= 0.3 is 0 Å². The van der Waals surface area contributed by atoms with Crippen LogP contribution in [0.25, 0.3) is 10.9 Å². The molecule has 5 rings (SSSR count). The lowest BCUT2D eigenvalue weighted by molar-refractivity contribution is -0.129. The number of Topliss-reactive ketones (excluding diaryl/α,β-unsaturated/α-hetero) is 1. The average Bonchev–Trinajstić information content (AvgIpc) is 3.58. The van der Waals surface area contributed by atoms with Gasteiger partial charge < -0.3 is 24.1 Å². The molecule has 2 N–H and O–H groups in total. The Kier molecular flexibility index (Phi) is 5.41. The van der Waals surface area contributed by atoms with Crippen LogP contribution in [-0.2, 0) is 11.2 Å². The van der Waals surface area contributed by atoms with Gasteiger partial charge in [-0.15, -0.1) is 0 Å². The number of nitrogens with one attached hydrogen (secondary N) is 1. The summed E-state index contributed by atoms with van der Waals surface area (Å²) < 4.78 is 24.1. The molecule has 4 aromatic rings. The van der Waals surface area contributed by atoms with Gasteiger partial charge in [0.05, 0.1) is 25.0 Å². The van der Waals surface area contributed by atoms with E-state index in [0.717, 1.165) is 16.5 Å². The molecule has 0 saturated carbocycles. The van der Waals surface area contributed by atoms with Crippen LogP contribution in [-0.4, -0.2) is 40.3 Å². The highest BCUT2D eigenvalue weighted by atomic mass is 19.1. The number of amides is 1. The summed E-state index contributed by atoms with van der Waals surface area (Å²) in [5, 5.41) is 11.7. The fourth-order valence-corrected chi connectivity index (χ4v) is 4.38. The minimum Gasteiger partial charge on any atom is -0.503 e. The minimum absolute atomic E-state index is 0.00651. The molecule has 2 aromatic heterocycles. The molecule has 1 aliphatic heterocycles. The van der Waals surface area contributed by atoms with E-state index in [0.29, 0.717) is 17.7 Å². The second-order valence-electron chi connectivity index (χ2n) is 8.00. The van der Waals surface area contributed by atoms with E-state index in [-0.39, 0.29) is 17.9 Å². The van der Waals surface area contributed by atoms with Crippen molar-refractivity contribution in [2.45, 2.75) is 12.5 Å². The van der Waals surface area contributed by atoms with E-state index in [4.69, 9.17) is 9.15 Å². The number of carbonyl (C=O) groups excluding carboxylic acids is 2. The number of hydrogen-bond donors (Lipinski definition) is 2. The Balaban J connectivity index is 1.50. The maximum atomic E-state index is 13.6. The summed E-state index contributed by atoms with van der Waals surface area (Å²) in [6, 6.07) is 13.3. The van der Waals surface area contributed by atoms with Gasteiger partial charge in [-0.25, -0.2) is 4.39 Å². The molecular weight excluding hydrogens is 439 g/mol. The first-order valence-corrected chi connectivity index (χ1v) is 10.7. The third kappa shape index (κ3) is 3.63. The fourth-order valence-electron chi connectivity index (χ4n) is 4.38. The van der Waals surface area contributed by atoms with Crippen molar-refractivity contribution in [1.29, 1.82) is 0 Å². The number of rotatable bonds is 7. The molecule has 0 saturated heterocycles. The number of aromatic nitrogens is 1. The Labute approximate surface area is 194 Å². The number of H-pyrrole nitrogens is 1. The predicted molar refractivity (Wildman–Crippen MR) is 122 cm³/mol. The lowest BCUT2D eigenvalue weighted by Gasteiger charge is -2.26. The van der Waals surface area contributed by atoms with Crippen LogP contribution in [0.3, 0.4) is 0 Å². The largest absolute Gasteiger partial charge is 0.503 e. The van der Waals surface area contributed by atoms with Gasteiger partial charge in [0.25, 0.3) is 5.91 Å². The first-order chi connectivity index (χ1) is 16.5. The Morgan fingerprint density at radius 2 is 2.00 bits per heavy atom. The second-order valence-corrected chi connectivity index (χ2v) is 8.00. The number of aliphatic hydroxyl groups excluding tert-OH is 1. The van der Waals surface area contributed by atoms with E-state index in [9.17, 15) is 19.1 Å². The van der Waals surface area contributed by atoms with Gasteiger partial charge in [-0.2, -0.15) is 0 Å². The van der Waals surface area contributed by atoms with Crippen molar-refractivity contribution in [3.63, 3.8) is 0 Å². The monoisotopic (exact) mass is 460 g/mol. The summed E-state index contributed by atoms with van der Waals surface area (Å²) in [4.78, 5) is 30.9. The average molecular weight is 460 g/mol. The number of halogens is 1. The van der Waals surface area contributed by atoms with E-state index < -0.39 is 29.3 Å². The highest BCUT2D eigenvalue weighted by Gasteiger charge is 2.44. The smallest absolute Gasteiger partial charge is 0.290 e. The van der Waals surface area contributed by atoms with Crippen molar-refractivity contribution in [3.8, 4) is 5.75 Å². The molecule has 172 valence electrons. The number of methoxy groups -OCH3 is 1. The van der Waals surface area contributed by atoms with Crippen LogP contribution >= 0.6 is 0 Å². The topological polar surface area (TPSA) is 95.8 Å². The van der Waals surface area contributed by atoms with Gasteiger partial charge in [-0.1, -0.05) is 12.1 Å². The standard InChI is InChI=1S/C26H21FN2O5/c1-33-18-8-9-20-19(13-18)16(14-28-20)10-11-29-23(15-4-6-17(27)7-5-15)22(25(31)26(29)32)24(30)21-3-2-12-34-21/h2-9,12-14,23,28,31H,10-11H2,1H3/t23-/m0/s1. The number of ketones is 1. The van der Waals surface area contributed by atoms with Gasteiger partial charge in [-0.05, 0) is 60.0 Å². The number of nitrogens with zero attached hydrogens (tertiary/aromatic N) is 1. The number of fused-ring (bicyclic) bond motifs is 1. The summed E-state index contributed by atoms with van der Waals surface area (Å²) in [6.45, 7) is 0.212. The zero-order chi connectivity index (χ0) is 23.8. The quantitative estimate of drug-likeness (QED) is 0.389. The molecule has 1 aliphatic rings. The van der Waals surface area contributed by atoms with Crippen LogP contribution in [0.1, 0.15) is 27.7 Å². The first-order valence-electron chi connectivity index (χ1n) is 10.7. The van der Waals surface area contributed by atoms with Crippen LogP contribution in [0.15, 0.2) is 82.8 Å². The lowest BCUT2D eigenvalue weighted by Crippen LogP contribution is -2.33. The van der Waals surface area contributed by atoms with Gasteiger partial charge in [0, 0.05) is 23.6 Å². The number of aliphatic hydroxyl groups is 1. The number of carbonyl (C=O) groups is 2. The van der Waals surface area contributed by atoms with Gasteiger partial charge in [-0.3, -0.25) is 9.59 Å². The van der Waals surface area contributed by atoms with Gasteiger partial charge in [0.15, 0.2) is 11.5 Å². The number of aromatic amines is 1. The number of ether oxygens (including phenoxy) is 1. The van der Waals surface area contributed by atoms with Gasteiger partial charge in [0.2, 0.25) is 5.78 Å².